The van der Waals surface area contributed by atoms with Crippen LogP contribution in [0.25, 0.3) is 5.69 Å². The third-order valence-electron chi connectivity index (χ3n) is 3.96. The zero-order valence-corrected chi connectivity index (χ0v) is 16.7. The number of hydrogen-bond acceptors (Lipinski definition) is 5. The number of nitrogens with zero attached hydrogens (tertiary/aromatic N) is 2. The molecule has 158 valence electrons. The molecule has 7 nitrogen and oxygen atoms in total. The molecule has 3 aromatic rings. The number of carbonyl (C=O) groups is 1. The number of benzene rings is 2. The Morgan fingerprint density at radius 3 is 2.53 bits per heavy atom. The maximum atomic E-state index is 12.9. The van der Waals surface area contributed by atoms with Crippen LogP contribution in [0.4, 0.5) is 13.2 Å². The Hall–Kier alpha value is -3.05. The van der Waals surface area contributed by atoms with E-state index in [9.17, 15) is 26.4 Å². The van der Waals surface area contributed by atoms with Crippen LogP contribution < -0.4 is 9.46 Å². The van der Waals surface area contributed by atoms with Crippen LogP contribution >= 0.6 is 11.6 Å². The van der Waals surface area contributed by atoms with Crippen LogP contribution in [-0.2, 0) is 16.2 Å². The highest BCUT2D eigenvalue weighted by molar-refractivity contribution is 7.90. The minimum absolute atomic E-state index is 0.00559. The molecule has 0 atom stereocenters. The average Bonchev–Trinajstić information content (AvgIpc) is 3.08. The van der Waals surface area contributed by atoms with Gasteiger partial charge in [-0.1, -0.05) is 29.8 Å². The number of methoxy groups -OCH3 is 1. The van der Waals surface area contributed by atoms with Crippen molar-refractivity contribution in [3.8, 4) is 11.4 Å². The largest absolute Gasteiger partial charge is 0.495 e. The van der Waals surface area contributed by atoms with Crippen molar-refractivity contribution in [1.29, 1.82) is 0 Å². The lowest BCUT2D eigenvalue weighted by atomic mass is 10.2. The number of aromatic nitrogens is 2. The number of sulfonamides is 1. The quantitative estimate of drug-likeness (QED) is 0.628. The van der Waals surface area contributed by atoms with Gasteiger partial charge < -0.3 is 4.74 Å². The maximum absolute atomic E-state index is 12.9. The number of amides is 1. The van der Waals surface area contributed by atoms with Crippen molar-refractivity contribution >= 4 is 27.5 Å². The summed E-state index contributed by atoms with van der Waals surface area (Å²) in [6.07, 6.45) is -3.56. The molecular weight excluding hydrogens is 447 g/mol. The Bertz CT molecular complexity index is 1210. The van der Waals surface area contributed by atoms with Crippen LogP contribution in [0.2, 0.25) is 5.15 Å². The molecular formula is C18H13ClF3N3O4S. The zero-order chi connectivity index (χ0) is 22.1. The summed E-state index contributed by atoms with van der Waals surface area (Å²) in [7, 11) is -3.06. The molecule has 0 aliphatic rings. The maximum Gasteiger partial charge on any atom is 0.416 e. The summed E-state index contributed by atoms with van der Waals surface area (Å²) < 4.78 is 71.7. The van der Waals surface area contributed by atoms with Gasteiger partial charge in [0.15, 0.2) is 5.69 Å². The molecule has 0 spiro atoms. The first-order chi connectivity index (χ1) is 14.0. The Balaban J connectivity index is 1.92. The lowest BCUT2D eigenvalue weighted by Gasteiger charge is -2.11. The Labute approximate surface area is 174 Å². The van der Waals surface area contributed by atoms with E-state index in [0.29, 0.717) is 0 Å². The smallest absolute Gasteiger partial charge is 0.416 e. The molecule has 1 amide bonds. The van der Waals surface area contributed by atoms with Gasteiger partial charge in [0.05, 0.1) is 12.7 Å². The molecule has 0 aliphatic heterocycles. The summed E-state index contributed by atoms with van der Waals surface area (Å²) in [4.78, 5) is 15.9. The van der Waals surface area contributed by atoms with Crippen molar-refractivity contribution in [3.63, 3.8) is 0 Å². The number of carbonyl (C=O) groups excluding carboxylic acids is 1. The average molecular weight is 460 g/mol. The molecule has 2 aromatic carbocycles. The van der Waals surface area contributed by atoms with E-state index in [1.807, 2.05) is 4.72 Å². The molecule has 0 saturated carbocycles. The van der Waals surface area contributed by atoms with Crippen molar-refractivity contribution < 1.29 is 31.1 Å². The predicted octanol–water partition coefficient (Wildman–Crippen LogP) is 3.67. The first-order valence-electron chi connectivity index (χ1n) is 8.15. The Morgan fingerprint density at radius 2 is 1.87 bits per heavy atom. The summed E-state index contributed by atoms with van der Waals surface area (Å²) >= 11 is 6.09. The summed E-state index contributed by atoms with van der Waals surface area (Å²) in [6, 6.07) is 9.81. The van der Waals surface area contributed by atoms with Crippen LogP contribution in [0.5, 0.6) is 5.75 Å². The van der Waals surface area contributed by atoms with E-state index in [4.69, 9.17) is 16.3 Å². The van der Waals surface area contributed by atoms with E-state index in [1.165, 1.54) is 37.4 Å². The highest BCUT2D eigenvalue weighted by Gasteiger charge is 2.31. The molecule has 1 N–H and O–H groups in total. The summed E-state index contributed by atoms with van der Waals surface area (Å²) in [5, 5.41) is -0.359. The highest BCUT2D eigenvalue weighted by atomic mass is 35.5. The first-order valence-corrected chi connectivity index (χ1v) is 10.0. The van der Waals surface area contributed by atoms with Gasteiger partial charge in [-0.2, -0.15) is 13.2 Å². The van der Waals surface area contributed by atoms with Crippen molar-refractivity contribution in [2.45, 2.75) is 11.1 Å². The summed E-state index contributed by atoms with van der Waals surface area (Å²) in [5.74, 6) is -1.14. The van der Waals surface area contributed by atoms with Crippen molar-refractivity contribution in [2.75, 3.05) is 7.11 Å². The van der Waals surface area contributed by atoms with Crippen molar-refractivity contribution in [1.82, 2.24) is 14.3 Å². The van der Waals surface area contributed by atoms with Crippen LogP contribution in [0.15, 0.2) is 59.8 Å². The number of nitrogens with one attached hydrogen (secondary N) is 1. The lowest BCUT2D eigenvalue weighted by Crippen LogP contribution is -2.31. The highest BCUT2D eigenvalue weighted by Crippen LogP contribution is 2.31. The molecule has 0 bridgehead atoms. The predicted molar refractivity (Wildman–Crippen MR) is 101 cm³/mol. The Kier molecular flexibility index (Phi) is 5.77. The zero-order valence-electron chi connectivity index (χ0n) is 15.1. The second-order valence-electron chi connectivity index (χ2n) is 5.89. The van der Waals surface area contributed by atoms with Gasteiger partial charge in [-0.25, -0.2) is 18.1 Å². The topological polar surface area (TPSA) is 90.3 Å². The molecule has 0 unspecified atom stereocenters. The third-order valence-corrected chi connectivity index (χ3v) is 5.69. The van der Waals surface area contributed by atoms with Gasteiger partial charge in [-0.05, 0) is 30.3 Å². The van der Waals surface area contributed by atoms with Crippen LogP contribution in [-0.4, -0.2) is 31.0 Å². The van der Waals surface area contributed by atoms with Gasteiger partial charge in [0.2, 0.25) is 0 Å². The number of hydrogen-bond donors (Lipinski definition) is 1. The molecule has 0 fully saturated rings. The minimum atomic E-state index is -4.58. The fourth-order valence-corrected chi connectivity index (χ4v) is 3.96. The van der Waals surface area contributed by atoms with Gasteiger partial charge in [-0.15, -0.1) is 0 Å². The second-order valence-corrected chi connectivity index (χ2v) is 7.90. The fourth-order valence-electron chi connectivity index (χ4n) is 2.56. The number of alkyl halides is 3. The monoisotopic (exact) mass is 459 g/mol. The normalized spacial score (nSPS) is 11.9. The summed E-state index contributed by atoms with van der Waals surface area (Å²) in [6.45, 7) is 0. The first kappa shape index (κ1) is 21.7. The van der Waals surface area contributed by atoms with E-state index >= 15 is 0 Å². The lowest BCUT2D eigenvalue weighted by molar-refractivity contribution is -0.137. The minimum Gasteiger partial charge on any atom is -0.495 e. The van der Waals surface area contributed by atoms with E-state index in [0.717, 1.165) is 23.0 Å². The molecule has 30 heavy (non-hydrogen) atoms. The SMILES string of the molecule is COc1ccccc1S(=O)(=O)NC(=O)c1ncn(-c2cccc(C(F)(F)F)c2)c1Cl. The van der Waals surface area contributed by atoms with E-state index in [2.05, 4.69) is 4.98 Å². The van der Waals surface area contributed by atoms with Gasteiger partial charge in [-0.3, -0.25) is 9.36 Å². The molecule has 0 radical (unpaired) electrons. The molecule has 1 aromatic heterocycles. The van der Waals surface area contributed by atoms with Gasteiger partial charge in [0.25, 0.3) is 15.9 Å². The number of ether oxygens (including phenoxy) is 1. The van der Waals surface area contributed by atoms with E-state index in [1.54, 1.807) is 6.07 Å². The van der Waals surface area contributed by atoms with Gasteiger partial charge >= 0.3 is 6.18 Å². The molecule has 3 rings (SSSR count). The van der Waals surface area contributed by atoms with Crippen molar-refractivity contribution in [2.24, 2.45) is 0 Å². The van der Waals surface area contributed by atoms with E-state index in [-0.39, 0.29) is 21.5 Å². The number of rotatable bonds is 5. The fraction of sp³-hybridized carbons (Fsp3) is 0.111. The molecule has 0 aliphatic carbocycles. The molecule has 0 saturated heterocycles. The van der Waals surface area contributed by atoms with Crippen LogP contribution in [0.1, 0.15) is 16.1 Å². The summed E-state index contributed by atoms with van der Waals surface area (Å²) in [5.41, 5.74) is -1.41. The number of para-hydroxylation sites is 1. The van der Waals surface area contributed by atoms with Crippen LogP contribution in [0, 0.1) is 0 Å². The number of imidazole rings is 1. The van der Waals surface area contributed by atoms with Crippen LogP contribution in [0.3, 0.4) is 0 Å². The van der Waals surface area contributed by atoms with Gasteiger partial charge in [0.1, 0.15) is 22.1 Å². The molecule has 12 heteroatoms. The second kappa shape index (κ2) is 8.00. The number of halogens is 4. The van der Waals surface area contributed by atoms with E-state index < -0.39 is 33.4 Å². The standard InChI is InChI=1S/C18H13ClF3N3O4S/c1-29-13-7-2-3-8-14(13)30(27,28)24-17(26)15-16(19)25(10-23-15)12-6-4-5-11(9-12)18(20,21)22/h2-10H,1H3,(H,24,26). The van der Waals surface area contributed by atoms with Gasteiger partial charge in [0, 0.05) is 5.69 Å². The molecule has 1 heterocycles. The third kappa shape index (κ3) is 4.26. The van der Waals surface area contributed by atoms with Crippen molar-refractivity contribution in [3.05, 3.63) is 71.3 Å². The Morgan fingerprint density at radius 1 is 1.17 bits per heavy atom.